The molecule has 1 aliphatic carbocycles. The van der Waals surface area contributed by atoms with E-state index in [1.807, 2.05) is 11.3 Å². The van der Waals surface area contributed by atoms with Crippen LogP contribution in [0.3, 0.4) is 0 Å². The molecule has 5 rings (SSSR count). The smallest absolute Gasteiger partial charge is 0.190 e. The van der Waals surface area contributed by atoms with Crippen LogP contribution in [-0.4, -0.2) is 0 Å². The van der Waals surface area contributed by atoms with Gasteiger partial charge in [0, 0.05) is 22.4 Å². The van der Waals surface area contributed by atoms with Crippen LogP contribution in [0.1, 0.15) is 17.5 Å². The van der Waals surface area contributed by atoms with Crippen LogP contribution >= 0.6 is 11.3 Å². The first-order chi connectivity index (χ1) is 9.36. The number of thiophene rings is 1. The molecule has 3 heterocycles. The molecule has 1 aromatic carbocycles. The molecule has 3 aromatic rings. The molecule has 2 unspecified atom stereocenters. The zero-order valence-corrected chi connectivity index (χ0v) is 11.2. The first-order valence-electron chi connectivity index (χ1n) is 6.57. The monoisotopic (exact) mass is 262 g/mol. The summed E-state index contributed by atoms with van der Waals surface area (Å²) in [6, 6.07) is 15.7. The van der Waals surface area contributed by atoms with Crippen molar-refractivity contribution in [2.75, 3.05) is 0 Å². The van der Waals surface area contributed by atoms with Crippen molar-refractivity contribution in [1.82, 2.24) is 0 Å². The Bertz CT molecular complexity index is 859. The molecule has 0 spiro atoms. The van der Waals surface area contributed by atoms with Gasteiger partial charge in [-0.15, -0.1) is 11.3 Å². The summed E-state index contributed by atoms with van der Waals surface area (Å²) in [6.07, 6.45) is 2.19. The Balaban J connectivity index is 1.97. The van der Waals surface area contributed by atoms with Crippen molar-refractivity contribution in [3.8, 4) is 10.6 Å². The second-order valence-electron chi connectivity index (χ2n) is 5.33. The van der Waals surface area contributed by atoms with Crippen molar-refractivity contribution in [3.63, 3.8) is 0 Å². The predicted molar refractivity (Wildman–Crippen MR) is 78.4 cm³/mol. The lowest BCUT2D eigenvalue weighted by atomic mass is 10.0. The van der Waals surface area contributed by atoms with E-state index in [0.29, 0.717) is 12.0 Å². The Morgan fingerprint density at radius 1 is 1.05 bits per heavy atom. The Labute approximate surface area is 115 Å². The van der Waals surface area contributed by atoms with Gasteiger partial charge in [0.15, 0.2) is 12.2 Å². The summed E-state index contributed by atoms with van der Waals surface area (Å²) < 4.78 is 3.79. The number of aromatic nitrogens is 1. The molecule has 2 atom stereocenters. The van der Waals surface area contributed by atoms with E-state index in [1.165, 1.54) is 31.8 Å². The van der Waals surface area contributed by atoms with Crippen LogP contribution in [-0.2, 0) is 0 Å². The summed E-state index contributed by atoms with van der Waals surface area (Å²) in [5, 5.41) is 1.42. The Morgan fingerprint density at radius 3 is 2.84 bits per heavy atom. The molecule has 19 heavy (non-hydrogen) atoms. The first kappa shape index (κ1) is 9.93. The van der Waals surface area contributed by atoms with Crippen LogP contribution in [0.4, 0.5) is 0 Å². The molecule has 0 amide bonds. The zero-order chi connectivity index (χ0) is 12.6. The lowest BCUT2D eigenvalue weighted by Crippen LogP contribution is -2.36. The van der Waals surface area contributed by atoms with Gasteiger partial charge in [0.25, 0.3) is 0 Å². The average molecular weight is 262 g/mol. The maximum Gasteiger partial charge on any atom is 0.223 e. The number of hydrogen-bond donors (Lipinski definition) is 0. The number of benzene rings is 1. The Morgan fingerprint density at radius 2 is 1.89 bits per heavy atom. The van der Waals surface area contributed by atoms with Crippen LogP contribution < -0.4 is 4.57 Å². The van der Waals surface area contributed by atoms with Crippen molar-refractivity contribution in [2.24, 2.45) is 0 Å². The second-order valence-corrected chi connectivity index (χ2v) is 6.38. The molecule has 2 aliphatic rings. The van der Waals surface area contributed by atoms with Gasteiger partial charge in [0.1, 0.15) is 4.88 Å². The summed E-state index contributed by atoms with van der Waals surface area (Å²) in [7, 11) is 0. The number of pyridine rings is 1. The lowest BCUT2D eigenvalue weighted by Gasteiger charge is -2.08. The summed E-state index contributed by atoms with van der Waals surface area (Å²) in [5.41, 5.74) is 4.22. The van der Waals surface area contributed by atoms with Crippen molar-refractivity contribution in [1.29, 1.82) is 0 Å². The van der Waals surface area contributed by atoms with Crippen LogP contribution in [0.2, 0.25) is 0 Å². The Kier molecular flexibility index (Phi) is 1.64. The van der Waals surface area contributed by atoms with Crippen LogP contribution in [0.15, 0.2) is 60.8 Å². The molecule has 1 fully saturated rings. The molecular weight excluding hydrogens is 250 g/mol. The molecular formula is C17H12NS+. The number of allylic oxidation sites excluding steroid dienone is 1. The van der Waals surface area contributed by atoms with E-state index in [0.717, 1.165) is 0 Å². The van der Waals surface area contributed by atoms with E-state index in [1.54, 1.807) is 0 Å². The second kappa shape index (κ2) is 3.14. The van der Waals surface area contributed by atoms with Gasteiger partial charge in [0.2, 0.25) is 5.69 Å². The number of fused-ring (bicyclic) bond motifs is 8. The molecule has 1 saturated carbocycles. The van der Waals surface area contributed by atoms with Gasteiger partial charge >= 0.3 is 0 Å². The Hall–Kier alpha value is -1.93. The molecule has 2 aromatic heterocycles. The van der Waals surface area contributed by atoms with Crippen LogP contribution in [0, 0.1) is 0 Å². The highest BCUT2D eigenvalue weighted by Crippen LogP contribution is 2.61. The van der Waals surface area contributed by atoms with E-state index in [-0.39, 0.29) is 0 Å². The molecule has 0 bridgehead atoms. The summed E-state index contributed by atoms with van der Waals surface area (Å²) in [5.74, 6) is 0.533. The quantitative estimate of drug-likeness (QED) is 0.425. The third-order valence-electron chi connectivity index (χ3n) is 4.35. The SMILES string of the molecule is C=C1C2c3c(sc4ccccc34)-c3cccc[n+]3C12. The molecule has 90 valence electrons. The fourth-order valence-corrected chi connectivity index (χ4v) is 4.72. The summed E-state index contributed by atoms with van der Waals surface area (Å²) in [6.45, 7) is 4.28. The largest absolute Gasteiger partial charge is 0.223 e. The van der Waals surface area contributed by atoms with Crippen molar-refractivity contribution < 1.29 is 4.57 Å². The van der Waals surface area contributed by atoms with Gasteiger partial charge in [-0.2, -0.15) is 4.57 Å². The van der Waals surface area contributed by atoms with Gasteiger partial charge in [-0.05, 0) is 23.1 Å². The van der Waals surface area contributed by atoms with E-state index in [4.69, 9.17) is 0 Å². The molecule has 0 N–H and O–H groups in total. The normalized spacial score (nSPS) is 22.8. The molecule has 1 aliphatic heterocycles. The van der Waals surface area contributed by atoms with Crippen molar-refractivity contribution in [3.05, 3.63) is 66.4 Å². The average Bonchev–Trinajstić information content (AvgIpc) is 2.97. The lowest BCUT2D eigenvalue weighted by molar-refractivity contribution is -0.688. The zero-order valence-electron chi connectivity index (χ0n) is 10.3. The summed E-state index contributed by atoms with van der Waals surface area (Å²) in [4.78, 5) is 1.43. The predicted octanol–water partition coefficient (Wildman–Crippen LogP) is 4.06. The van der Waals surface area contributed by atoms with Crippen molar-refractivity contribution >= 4 is 21.4 Å². The van der Waals surface area contributed by atoms with E-state index in [2.05, 4.69) is 59.8 Å². The van der Waals surface area contributed by atoms with Crippen molar-refractivity contribution in [2.45, 2.75) is 12.0 Å². The standard InChI is InChI=1S/C17H12NS/c1-10-14-15-11-6-2-3-8-13(11)19-17(15)12-7-4-5-9-18(12)16(10)14/h2-9,14,16H,1H2/q+1. The van der Waals surface area contributed by atoms with Crippen LogP contribution in [0.25, 0.3) is 20.7 Å². The van der Waals surface area contributed by atoms with Gasteiger partial charge < -0.3 is 0 Å². The van der Waals surface area contributed by atoms with Gasteiger partial charge in [0.05, 0.1) is 5.92 Å². The maximum atomic E-state index is 4.28. The van der Waals surface area contributed by atoms with Crippen LogP contribution in [0.5, 0.6) is 0 Å². The minimum Gasteiger partial charge on any atom is -0.190 e. The van der Waals surface area contributed by atoms with E-state index >= 15 is 0 Å². The number of rotatable bonds is 0. The highest BCUT2D eigenvalue weighted by molar-refractivity contribution is 7.22. The molecule has 0 radical (unpaired) electrons. The summed E-state index contributed by atoms with van der Waals surface area (Å²) >= 11 is 1.91. The fourth-order valence-electron chi connectivity index (χ4n) is 3.44. The molecule has 0 saturated heterocycles. The molecule has 1 nitrogen and oxygen atoms in total. The molecule has 2 heteroatoms. The highest BCUT2D eigenvalue weighted by Gasteiger charge is 2.58. The van der Waals surface area contributed by atoms with Gasteiger partial charge in [-0.1, -0.05) is 24.8 Å². The minimum absolute atomic E-state index is 0.488. The van der Waals surface area contributed by atoms with Gasteiger partial charge in [-0.25, -0.2) is 0 Å². The third kappa shape index (κ3) is 1.09. The topological polar surface area (TPSA) is 3.88 Å². The van der Waals surface area contributed by atoms with E-state index in [9.17, 15) is 0 Å². The highest BCUT2D eigenvalue weighted by atomic mass is 32.1. The van der Waals surface area contributed by atoms with Gasteiger partial charge in [-0.3, -0.25) is 0 Å². The number of hydrogen-bond acceptors (Lipinski definition) is 1. The van der Waals surface area contributed by atoms with E-state index < -0.39 is 0 Å². The minimum atomic E-state index is 0.488. The maximum absolute atomic E-state index is 4.28. The number of nitrogens with zero attached hydrogens (tertiary/aromatic N) is 1. The third-order valence-corrected chi connectivity index (χ3v) is 5.56. The fraction of sp³-hybridized carbons (Fsp3) is 0.118. The first-order valence-corrected chi connectivity index (χ1v) is 7.38.